The molecule has 0 bridgehead atoms. The van der Waals surface area contributed by atoms with Crippen LogP contribution in [0.1, 0.15) is 17.8 Å². The molecule has 0 aromatic carbocycles. The summed E-state index contributed by atoms with van der Waals surface area (Å²) in [5.74, 6) is -0.411. The van der Waals surface area contributed by atoms with E-state index in [2.05, 4.69) is 15.3 Å². The Morgan fingerprint density at radius 1 is 1.23 bits per heavy atom. The van der Waals surface area contributed by atoms with E-state index in [-0.39, 0.29) is 6.54 Å². The van der Waals surface area contributed by atoms with Gasteiger partial charge in [-0.2, -0.15) is 13.2 Å². The van der Waals surface area contributed by atoms with Gasteiger partial charge in [-0.25, -0.2) is 4.98 Å². The molecule has 2 N–H and O–H groups in total. The highest BCUT2D eigenvalue weighted by Gasteiger charge is 2.56. The summed E-state index contributed by atoms with van der Waals surface area (Å²) < 4.78 is 41.0. The van der Waals surface area contributed by atoms with Crippen molar-refractivity contribution < 1.29 is 18.3 Å². The van der Waals surface area contributed by atoms with Gasteiger partial charge in [-0.1, -0.05) is 0 Å². The van der Waals surface area contributed by atoms with Crippen LogP contribution in [-0.2, 0) is 19.2 Å². The van der Waals surface area contributed by atoms with Gasteiger partial charge in [0, 0.05) is 44.8 Å². The molecule has 2 aromatic heterocycles. The number of imidazole rings is 1. The summed E-state index contributed by atoms with van der Waals surface area (Å²) in [5, 5.41) is 13.0. The van der Waals surface area contributed by atoms with Crippen molar-refractivity contribution >= 4 is 0 Å². The van der Waals surface area contributed by atoms with E-state index in [0.29, 0.717) is 6.54 Å². The minimum Gasteiger partial charge on any atom is -0.374 e. The molecule has 2 heterocycles. The minimum atomic E-state index is -4.80. The van der Waals surface area contributed by atoms with E-state index in [1.54, 1.807) is 24.5 Å². The van der Waals surface area contributed by atoms with Crippen LogP contribution in [0.3, 0.4) is 0 Å². The van der Waals surface area contributed by atoms with E-state index in [1.807, 2.05) is 0 Å². The van der Waals surface area contributed by atoms with Crippen LogP contribution in [-0.4, -0.2) is 32.4 Å². The molecule has 0 fully saturated rings. The van der Waals surface area contributed by atoms with Crippen molar-refractivity contribution in [1.29, 1.82) is 0 Å². The summed E-state index contributed by atoms with van der Waals surface area (Å²) in [5.41, 5.74) is -2.07. The van der Waals surface area contributed by atoms with Gasteiger partial charge in [0.1, 0.15) is 5.82 Å². The second kappa shape index (κ2) is 6.45. The topological polar surface area (TPSA) is 63.0 Å². The second-order valence-corrected chi connectivity index (χ2v) is 5.00. The maximum absolute atomic E-state index is 13.3. The largest absolute Gasteiger partial charge is 0.424 e. The molecule has 120 valence electrons. The van der Waals surface area contributed by atoms with Crippen LogP contribution in [0.5, 0.6) is 0 Å². The molecule has 22 heavy (non-hydrogen) atoms. The first-order chi connectivity index (χ1) is 10.3. The Labute approximate surface area is 125 Å². The van der Waals surface area contributed by atoms with Gasteiger partial charge >= 0.3 is 6.18 Å². The van der Waals surface area contributed by atoms with Gasteiger partial charge in [-0.3, -0.25) is 4.98 Å². The average molecular weight is 314 g/mol. The van der Waals surface area contributed by atoms with Crippen LogP contribution >= 0.6 is 0 Å². The summed E-state index contributed by atoms with van der Waals surface area (Å²) in [7, 11) is 1.42. The SMILES string of the molecule is Cn1ccnc1C(O)(CCNCc1ccncc1)C(F)(F)F. The highest BCUT2D eigenvalue weighted by molar-refractivity contribution is 5.10. The number of aryl methyl sites for hydroxylation is 1. The van der Waals surface area contributed by atoms with E-state index in [4.69, 9.17) is 0 Å². The van der Waals surface area contributed by atoms with Crippen LogP contribution in [0, 0.1) is 0 Å². The number of hydrogen-bond donors (Lipinski definition) is 2. The van der Waals surface area contributed by atoms with Crippen LogP contribution in [0.4, 0.5) is 13.2 Å². The Morgan fingerprint density at radius 2 is 1.91 bits per heavy atom. The number of nitrogens with one attached hydrogen (secondary N) is 1. The first-order valence-electron chi connectivity index (χ1n) is 6.71. The number of aromatic nitrogens is 3. The summed E-state index contributed by atoms with van der Waals surface area (Å²) in [6.45, 7) is 0.391. The molecule has 0 saturated carbocycles. The summed E-state index contributed by atoms with van der Waals surface area (Å²) >= 11 is 0. The van der Waals surface area contributed by atoms with E-state index in [0.717, 1.165) is 5.56 Å². The number of alkyl halides is 3. The van der Waals surface area contributed by atoms with Crippen molar-refractivity contribution in [2.24, 2.45) is 7.05 Å². The lowest BCUT2D eigenvalue weighted by Gasteiger charge is -2.30. The zero-order chi connectivity index (χ0) is 16.2. The fourth-order valence-electron chi connectivity index (χ4n) is 2.15. The second-order valence-electron chi connectivity index (χ2n) is 5.00. The number of halogens is 3. The summed E-state index contributed by atoms with van der Waals surface area (Å²) in [4.78, 5) is 7.51. The normalized spacial score (nSPS) is 14.8. The fourth-order valence-corrected chi connectivity index (χ4v) is 2.15. The Kier molecular flexibility index (Phi) is 4.82. The monoisotopic (exact) mass is 314 g/mol. The van der Waals surface area contributed by atoms with Crippen molar-refractivity contribution in [3.8, 4) is 0 Å². The van der Waals surface area contributed by atoms with Gasteiger partial charge in [0.2, 0.25) is 5.60 Å². The molecule has 0 amide bonds. The molecule has 2 aromatic rings. The van der Waals surface area contributed by atoms with E-state index < -0.39 is 24.0 Å². The van der Waals surface area contributed by atoms with Crippen molar-refractivity contribution in [3.63, 3.8) is 0 Å². The minimum absolute atomic E-state index is 0.00874. The molecule has 0 spiro atoms. The van der Waals surface area contributed by atoms with Crippen molar-refractivity contribution in [3.05, 3.63) is 48.3 Å². The molecule has 8 heteroatoms. The van der Waals surface area contributed by atoms with Gasteiger partial charge in [0.05, 0.1) is 0 Å². The Balaban J connectivity index is 2.01. The molecule has 2 rings (SSSR count). The standard InChI is InChI=1S/C14H17F3N4O/c1-21-9-8-20-12(21)13(22,14(15,16)17)4-7-19-10-11-2-5-18-6-3-11/h2-3,5-6,8-9,19,22H,4,7,10H2,1H3. The third-order valence-electron chi connectivity index (χ3n) is 3.40. The maximum atomic E-state index is 13.3. The zero-order valence-corrected chi connectivity index (χ0v) is 12.0. The molecule has 1 unspecified atom stereocenters. The Bertz CT molecular complexity index is 600. The third-order valence-corrected chi connectivity index (χ3v) is 3.40. The van der Waals surface area contributed by atoms with Crippen LogP contribution in [0.2, 0.25) is 0 Å². The highest BCUT2D eigenvalue weighted by Crippen LogP contribution is 2.40. The summed E-state index contributed by atoms with van der Waals surface area (Å²) in [6, 6.07) is 3.53. The third kappa shape index (κ3) is 3.45. The van der Waals surface area contributed by atoms with Crippen LogP contribution in [0.25, 0.3) is 0 Å². The predicted octanol–water partition coefficient (Wildman–Crippen LogP) is 1.74. The Hall–Kier alpha value is -1.93. The number of rotatable bonds is 6. The molecule has 0 aliphatic rings. The lowest BCUT2D eigenvalue weighted by Crippen LogP contribution is -2.46. The van der Waals surface area contributed by atoms with Gasteiger partial charge in [0.15, 0.2) is 0 Å². The van der Waals surface area contributed by atoms with Gasteiger partial charge in [-0.15, -0.1) is 0 Å². The lowest BCUT2D eigenvalue weighted by atomic mass is 9.97. The van der Waals surface area contributed by atoms with Crippen LogP contribution < -0.4 is 5.32 Å². The zero-order valence-electron chi connectivity index (χ0n) is 12.0. The smallest absolute Gasteiger partial charge is 0.374 e. The van der Waals surface area contributed by atoms with E-state index >= 15 is 0 Å². The number of hydrogen-bond acceptors (Lipinski definition) is 4. The molecule has 0 radical (unpaired) electrons. The highest BCUT2D eigenvalue weighted by atomic mass is 19.4. The molecular formula is C14H17F3N4O. The fraction of sp³-hybridized carbons (Fsp3) is 0.429. The van der Waals surface area contributed by atoms with E-state index in [1.165, 1.54) is 24.0 Å². The molecule has 0 aliphatic carbocycles. The van der Waals surface area contributed by atoms with Crippen molar-refractivity contribution in [2.75, 3.05) is 6.54 Å². The maximum Gasteiger partial charge on any atom is 0.424 e. The molecule has 0 saturated heterocycles. The molecule has 1 atom stereocenters. The first-order valence-corrected chi connectivity index (χ1v) is 6.71. The van der Waals surface area contributed by atoms with Crippen molar-refractivity contribution in [1.82, 2.24) is 19.9 Å². The molecular weight excluding hydrogens is 297 g/mol. The molecule has 5 nitrogen and oxygen atoms in total. The average Bonchev–Trinajstić information content (AvgIpc) is 2.90. The molecule has 0 aliphatic heterocycles. The van der Waals surface area contributed by atoms with Gasteiger partial charge < -0.3 is 15.0 Å². The lowest BCUT2D eigenvalue weighted by molar-refractivity contribution is -0.272. The van der Waals surface area contributed by atoms with Crippen LogP contribution in [0.15, 0.2) is 36.9 Å². The number of aliphatic hydroxyl groups is 1. The van der Waals surface area contributed by atoms with E-state index in [9.17, 15) is 18.3 Å². The summed E-state index contributed by atoms with van der Waals surface area (Å²) in [6.07, 6.45) is 0.498. The predicted molar refractivity (Wildman–Crippen MR) is 73.7 cm³/mol. The Morgan fingerprint density at radius 3 is 2.45 bits per heavy atom. The van der Waals surface area contributed by atoms with Crippen molar-refractivity contribution in [2.45, 2.75) is 24.7 Å². The van der Waals surface area contributed by atoms with Gasteiger partial charge in [-0.05, 0) is 24.2 Å². The van der Waals surface area contributed by atoms with Gasteiger partial charge in [0.25, 0.3) is 0 Å². The number of nitrogens with zero attached hydrogens (tertiary/aromatic N) is 3. The quantitative estimate of drug-likeness (QED) is 0.797. The number of pyridine rings is 1. The first kappa shape index (κ1) is 16.4.